The molecule has 8 heteroatoms. The average molecular weight is 418 g/mol. The molecule has 1 aromatic carbocycles. The number of hydrazine groups is 1. The lowest BCUT2D eigenvalue weighted by atomic mass is 10.1. The van der Waals surface area contributed by atoms with Gasteiger partial charge in [-0.2, -0.15) is 10.2 Å². The molecule has 6 nitrogen and oxygen atoms in total. The van der Waals surface area contributed by atoms with Gasteiger partial charge in [0.2, 0.25) is 5.82 Å². The topological polar surface area (TPSA) is 81.9 Å². The van der Waals surface area contributed by atoms with E-state index in [0.717, 1.165) is 19.3 Å². The standard InChI is InChI=1S/C18H17BrFN5O/c1-11-3-2-4-15(11)25(17-14(19)10-22-16(9-21)23-17)24-18(26)12-5-7-13(20)8-6-12/h5-8,10-11,15H,2-4H2,1H3,(H,24,26)/t11-,15+/m1/s1. The van der Waals surface area contributed by atoms with Crippen LogP contribution in [0.3, 0.4) is 0 Å². The molecule has 0 radical (unpaired) electrons. The molecule has 1 fully saturated rings. The highest BCUT2D eigenvalue weighted by atomic mass is 79.9. The summed E-state index contributed by atoms with van der Waals surface area (Å²) in [7, 11) is 0. The van der Waals surface area contributed by atoms with Gasteiger partial charge in [-0.1, -0.05) is 13.3 Å². The van der Waals surface area contributed by atoms with Crippen molar-refractivity contribution in [1.29, 1.82) is 5.26 Å². The van der Waals surface area contributed by atoms with Crippen molar-refractivity contribution in [3.05, 3.63) is 52.1 Å². The van der Waals surface area contributed by atoms with Crippen LogP contribution < -0.4 is 10.4 Å². The Balaban J connectivity index is 1.95. The Morgan fingerprint density at radius 1 is 1.38 bits per heavy atom. The lowest BCUT2D eigenvalue weighted by Gasteiger charge is -2.33. The van der Waals surface area contributed by atoms with Gasteiger partial charge in [0.05, 0.1) is 10.5 Å². The third-order valence-electron chi connectivity index (χ3n) is 4.53. The maximum atomic E-state index is 13.1. The predicted molar refractivity (Wildman–Crippen MR) is 97.6 cm³/mol. The van der Waals surface area contributed by atoms with Crippen LogP contribution in [0.15, 0.2) is 34.9 Å². The van der Waals surface area contributed by atoms with Gasteiger partial charge < -0.3 is 0 Å². The van der Waals surface area contributed by atoms with Gasteiger partial charge in [0, 0.05) is 11.8 Å². The van der Waals surface area contributed by atoms with E-state index in [1.165, 1.54) is 30.5 Å². The molecular formula is C18H17BrFN5O. The van der Waals surface area contributed by atoms with Crippen LogP contribution in [0.25, 0.3) is 0 Å². The number of benzene rings is 1. The fourth-order valence-electron chi connectivity index (χ4n) is 3.16. The molecule has 2 atom stereocenters. The number of hydrogen-bond acceptors (Lipinski definition) is 5. The van der Waals surface area contributed by atoms with Crippen LogP contribution in [0.2, 0.25) is 0 Å². The number of aromatic nitrogens is 2. The highest BCUT2D eigenvalue weighted by Crippen LogP contribution is 2.33. The Morgan fingerprint density at radius 3 is 2.73 bits per heavy atom. The number of halogens is 2. The van der Waals surface area contributed by atoms with Gasteiger partial charge in [-0.05, 0) is 59.0 Å². The van der Waals surface area contributed by atoms with Crippen molar-refractivity contribution in [2.75, 3.05) is 5.01 Å². The van der Waals surface area contributed by atoms with Crippen LogP contribution in [0.1, 0.15) is 42.4 Å². The smallest absolute Gasteiger partial charge is 0.267 e. The highest BCUT2D eigenvalue weighted by Gasteiger charge is 2.32. The minimum absolute atomic E-state index is 0.0230. The molecule has 1 amide bonds. The maximum Gasteiger partial charge on any atom is 0.269 e. The predicted octanol–water partition coefficient (Wildman–Crippen LogP) is 3.59. The zero-order valence-electron chi connectivity index (χ0n) is 14.1. The summed E-state index contributed by atoms with van der Waals surface area (Å²) in [4.78, 5) is 20.9. The summed E-state index contributed by atoms with van der Waals surface area (Å²) in [6.07, 6.45) is 4.48. The summed E-state index contributed by atoms with van der Waals surface area (Å²) in [6.45, 7) is 2.12. The van der Waals surface area contributed by atoms with Gasteiger partial charge >= 0.3 is 0 Å². The van der Waals surface area contributed by atoms with Gasteiger partial charge in [-0.3, -0.25) is 15.2 Å². The Bertz CT molecular complexity index is 852. The van der Waals surface area contributed by atoms with Crippen LogP contribution in [-0.4, -0.2) is 21.9 Å². The number of hydrogen-bond donors (Lipinski definition) is 1. The van der Waals surface area contributed by atoms with Crippen molar-refractivity contribution >= 4 is 27.7 Å². The minimum atomic E-state index is -0.403. The summed E-state index contributed by atoms with van der Waals surface area (Å²) in [5.41, 5.74) is 3.22. The summed E-state index contributed by atoms with van der Waals surface area (Å²) in [5.74, 6) is 0.0321. The molecule has 134 valence electrons. The minimum Gasteiger partial charge on any atom is -0.267 e. The fraction of sp³-hybridized carbons (Fsp3) is 0.333. The van der Waals surface area contributed by atoms with Crippen molar-refractivity contribution in [3.63, 3.8) is 0 Å². The molecule has 26 heavy (non-hydrogen) atoms. The molecule has 1 heterocycles. The first-order chi connectivity index (χ1) is 12.5. The van der Waals surface area contributed by atoms with E-state index in [9.17, 15) is 9.18 Å². The first-order valence-corrected chi connectivity index (χ1v) is 9.07. The number of anilines is 1. The molecule has 1 saturated carbocycles. The molecule has 0 saturated heterocycles. The number of carbonyl (C=O) groups is 1. The van der Waals surface area contributed by atoms with E-state index >= 15 is 0 Å². The summed E-state index contributed by atoms with van der Waals surface area (Å²) >= 11 is 3.41. The molecule has 0 aliphatic heterocycles. The molecule has 0 bridgehead atoms. The second kappa shape index (κ2) is 7.79. The van der Waals surface area contributed by atoms with Crippen molar-refractivity contribution in [2.45, 2.75) is 32.2 Å². The molecule has 1 aliphatic carbocycles. The zero-order valence-corrected chi connectivity index (χ0v) is 15.7. The maximum absolute atomic E-state index is 13.1. The number of amides is 1. The number of nitrogens with zero attached hydrogens (tertiary/aromatic N) is 4. The van der Waals surface area contributed by atoms with Crippen LogP contribution in [0.4, 0.5) is 10.2 Å². The van der Waals surface area contributed by atoms with E-state index in [4.69, 9.17) is 5.26 Å². The number of carbonyl (C=O) groups excluding carboxylic acids is 1. The largest absolute Gasteiger partial charge is 0.269 e. The fourth-order valence-corrected chi connectivity index (χ4v) is 3.54. The Labute approximate surface area is 159 Å². The monoisotopic (exact) mass is 417 g/mol. The molecule has 1 aromatic heterocycles. The van der Waals surface area contributed by atoms with Crippen molar-refractivity contribution in [3.8, 4) is 6.07 Å². The lowest BCUT2D eigenvalue weighted by Crippen LogP contribution is -2.50. The SMILES string of the molecule is C[C@@H]1CCC[C@@H]1N(NC(=O)c1ccc(F)cc1)c1nc(C#N)ncc1Br. The molecular weight excluding hydrogens is 401 g/mol. The highest BCUT2D eigenvalue weighted by molar-refractivity contribution is 9.10. The van der Waals surface area contributed by atoms with Crippen LogP contribution in [0.5, 0.6) is 0 Å². The molecule has 1 aliphatic rings. The summed E-state index contributed by atoms with van der Waals surface area (Å²) in [5, 5.41) is 10.8. The van der Waals surface area contributed by atoms with E-state index in [0.29, 0.717) is 21.8 Å². The second-order valence-electron chi connectivity index (χ2n) is 6.27. The van der Waals surface area contributed by atoms with Crippen molar-refractivity contribution < 1.29 is 9.18 Å². The van der Waals surface area contributed by atoms with E-state index in [2.05, 4.69) is 38.2 Å². The van der Waals surface area contributed by atoms with Crippen molar-refractivity contribution in [2.24, 2.45) is 5.92 Å². The van der Waals surface area contributed by atoms with Gasteiger partial charge in [0.1, 0.15) is 11.9 Å². The zero-order chi connectivity index (χ0) is 18.7. The lowest BCUT2D eigenvalue weighted by molar-refractivity contribution is 0.0941. The normalized spacial score (nSPS) is 19.0. The second-order valence-corrected chi connectivity index (χ2v) is 7.12. The molecule has 1 N–H and O–H groups in total. The van der Waals surface area contributed by atoms with E-state index in [1.807, 2.05) is 6.07 Å². The van der Waals surface area contributed by atoms with Gasteiger partial charge in [-0.15, -0.1) is 0 Å². The van der Waals surface area contributed by atoms with Gasteiger partial charge in [0.25, 0.3) is 5.91 Å². The number of nitrogens with one attached hydrogen (secondary N) is 1. The first-order valence-electron chi connectivity index (χ1n) is 8.28. The number of rotatable bonds is 4. The van der Waals surface area contributed by atoms with Gasteiger partial charge in [-0.25, -0.2) is 9.37 Å². The van der Waals surface area contributed by atoms with Crippen LogP contribution in [-0.2, 0) is 0 Å². The van der Waals surface area contributed by atoms with E-state index < -0.39 is 5.82 Å². The third kappa shape index (κ3) is 3.83. The van der Waals surface area contributed by atoms with Crippen molar-refractivity contribution in [1.82, 2.24) is 15.4 Å². The molecule has 2 aromatic rings. The van der Waals surface area contributed by atoms with E-state index in [1.54, 1.807) is 5.01 Å². The van der Waals surface area contributed by atoms with Crippen LogP contribution in [0, 0.1) is 23.1 Å². The average Bonchev–Trinajstić information content (AvgIpc) is 3.06. The quantitative estimate of drug-likeness (QED) is 0.768. The van der Waals surface area contributed by atoms with Gasteiger partial charge in [0.15, 0.2) is 5.82 Å². The summed E-state index contributed by atoms with van der Waals surface area (Å²) < 4.78 is 13.7. The first kappa shape index (κ1) is 18.3. The molecule has 3 rings (SSSR count). The molecule has 0 unspecified atom stereocenters. The summed E-state index contributed by atoms with van der Waals surface area (Å²) in [6, 6.07) is 7.30. The Kier molecular flexibility index (Phi) is 5.47. The Hall–Kier alpha value is -2.53. The third-order valence-corrected chi connectivity index (χ3v) is 5.09. The molecule has 0 spiro atoms. The Morgan fingerprint density at radius 2 is 2.12 bits per heavy atom. The van der Waals surface area contributed by atoms with E-state index in [-0.39, 0.29) is 17.8 Å². The van der Waals surface area contributed by atoms with Crippen LogP contribution >= 0.6 is 15.9 Å². The number of nitriles is 1.